The summed E-state index contributed by atoms with van der Waals surface area (Å²) in [6.07, 6.45) is 0. The fourth-order valence-corrected chi connectivity index (χ4v) is 0.594. The van der Waals surface area contributed by atoms with Crippen LogP contribution < -0.4 is 0 Å². The molecule has 0 aromatic heterocycles. The minimum absolute atomic E-state index is 0.0807. The van der Waals surface area contributed by atoms with Crippen LogP contribution in [0.4, 0.5) is 9.18 Å². The standard InChI is InChI=1S/C7H11FO4S/c1-7(2,4-11-6(10)13)12-3-5(8)9/h3-4H2,1-2H3,(H,10,13). The highest BCUT2D eigenvalue weighted by atomic mass is 32.1. The first-order valence-electron chi connectivity index (χ1n) is 3.51. The van der Waals surface area contributed by atoms with E-state index >= 15 is 0 Å². The van der Waals surface area contributed by atoms with Crippen molar-refractivity contribution in [2.45, 2.75) is 19.4 Å². The number of ether oxygens (including phenoxy) is 2. The average Bonchev–Trinajstić information content (AvgIpc) is 1.98. The van der Waals surface area contributed by atoms with E-state index in [1.54, 1.807) is 13.8 Å². The molecule has 0 aliphatic heterocycles. The molecule has 0 radical (unpaired) electrons. The molecule has 0 aromatic carbocycles. The zero-order valence-electron chi connectivity index (χ0n) is 7.37. The Hall–Kier alpha value is -0.620. The fraction of sp³-hybridized carbons (Fsp3) is 0.714. The van der Waals surface area contributed by atoms with Crippen molar-refractivity contribution in [1.29, 1.82) is 0 Å². The first kappa shape index (κ1) is 12.4. The molecule has 0 heterocycles. The van der Waals surface area contributed by atoms with Crippen LogP contribution in [0.15, 0.2) is 0 Å². The molecule has 0 rings (SSSR count). The van der Waals surface area contributed by atoms with Crippen LogP contribution in [0, 0.1) is 0 Å². The summed E-state index contributed by atoms with van der Waals surface area (Å²) in [5, 5.41) is -0.747. The molecule has 0 aromatic rings. The van der Waals surface area contributed by atoms with Crippen LogP contribution in [0.5, 0.6) is 0 Å². The van der Waals surface area contributed by atoms with Crippen molar-refractivity contribution < 1.29 is 23.5 Å². The summed E-state index contributed by atoms with van der Waals surface area (Å²) < 4.78 is 21.1. The summed E-state index contributed by atoms with van der Waals surface area (Å²) in [5.41, 5.74) is -0.889. The number of thiol groups is 1. The van der Waals surface area contributed by atoms with Crippen LogP contribution in [0.1, 0.15) is 13.8 Å². The molecule has 0 fully saturated rings. The molecule has 13 heavy (non-hydrogen) atoms. The fourth-order valence-electron chi connectivity index (χ4n) is 0.529. The predicted octanol–water partition coefficient (Wildman–Crippen LogP) is 1.34. The summed E-state index contributed by atoms with van der Waals surface area (Å²) in [4.78, 5) is 20.2. The van der Waals surface area contributed by atoms with E-state index in [1.165, 1.54) is 0 Å². The van der Waals surface area contributed by atoms with E-state index < -0.39 is 23.5 Å². The Morgan fingerprint density at radius 3 is 2.38 bits per heavy atom. The molecule has 0 N–H and O–H groups in total. The van der Waals surface area contributed by atoms with Crippen molar-refractivity contribution in [3.63, 3.8) is 0 Å². The van der Waals surface area contributed by atoms with Gasteiger partial charge in [-0.05, 0) is 13.8 Å². The molecule has 4 nitrogen and oxygen atoms in total. The van der Waals surface area contributed by atoms with Gasteiger partial charge in [-0.3, -0.25) is 4.79 Å². The smallest absolute Gasteiger partial charge is 0.364 e. The largest absolute Gasteiger partial charge is 0.455 e. The van der Waals surface area contributed by atoms with Crippen molar-refractivity contribution in [1.82, 2.24) is 0 Å². The quantitative estimate of drug-likeness (QED) is 0.422. The first-order chi connectivity index (χ1) is 5.83. The highest BCUT2D eigenvalue weighted by molar-refractivity contribution is 7.96. The molecule has 0 aliphatic rings. The second kappa shape index (κ2) is 5.18. The van der Waals surface area contributed by atoms with Gasteiger partial charge in [0.2, 0.25) is 0 Å². The molecular formula is C7H11FO4S. The van der Waals surface area contributed by atoms with Gasteiger partial charge in [-0.1, -0.05) is 12.6 Å². The number of halogens is 1. The Morgan fingerprint density at radius 1 is 1.46 bits per heavy atom. The Morgan fingerprint density at radius 2 is 2.00 bits per heavy atom. The summed E-state index contributed by atoms with van der Waals surface area (Å²) >= 11 is 3.36. The maximum atomic E-state index is 11.7. The summed E-state index contributed by atoms with van der Waals surface area (Å²) in [6, 6.07) is -1.56. The van der Waals surface area contributed by atoms with Gasteiger partial charge in [0.1, 0.15) is 13.2 Å². The highest BCUT2D eigenvalue weighted by Gasteiger charge is 2.21. The van der Waals surface area contributed by atoms with Crippen molar-refractivity contribution in [3.8, 4) is 0 Å². The maximum absolute atomic E-state index is 11.7. The lowest BCUT2D eigenvalue weighted by Crippen LogP contribution is -2.32. The van der Waals surface area contributed by atoms with Crippen molar-refractivity contribution >= 4 is 24.0 Å². The number of carbonyl (C=O) groups excluding carboxylic acids is 2. The number of rotatable bonds is 5. The zero-order valence-corrected chi connectivity index (χ0v) is 8.27. The Labute approximate surface area is 80.8 Å². The van der Waals surface area contributed by atoms with E-state index in [1.807, 2.05) is 0 Å². The molecule has 0 saturated carbocycles. The number of hydrogen-bond donors (Lipinski definition) is 1. The van der Waals surface area contributed by atoms with Gasteiger partial charge in [-0.25, -0.2) is 4.79 Å². The molecule has 0 aliphatic carbocycles. The summed E-state index contributed by atoms with van der Waals surface area (Å²) in [5.74, 6) is 0. The minimum Gasteiger partial charge on any atom is -0.455 e. The lowest BCUT2D eigenvalue weighted by Gasteiger charge is -2.22. The van der Waals surface area contributed by atoms with Crippen molar-refractivity contribution in [2.24, 2.45) is 0 Å². The molecule has 0 bridgehead atoms. The topological polar surface area (TPSA) is 52.6 Å². The van der Waals surface area contributed by atoms with Crippen LogP contribution >= 0.6 is 12.6 Å². The van der Waals surface area contributed by atoms with Gasteiger partial charge in [0, 0.05) is 0 Å². The van der Waals surface area contributed by atoms with Crippen LogP contribution in [-0.2, 0) is 14.3 Å². The lowest BCUT2D eigenvalue weighted by molar-refractivity contribution is -0.141. The first-order valence-corrected chi connectivity index (χ1v) is 3.96. The van der Waals surface area contributed by atoms with Gasteiger partial charge < -0.3 is 9.47 Å². The SMILES string of the molecule is CC(C)(COC(=O)S)OCC(=O)F. The molecule has 0 unspecified atom stereocenters. The van der Waals surface area contributed by atoms with E-state index in [4.69, 9.17) is 4.74 Å². The van der Waals surface area contributed by atoms with E-state index in [0.29, 0.717) is 0 Å². The average molecular weight is 210 g/mol. The van der Waals surface area contributed by atoms with E-state index in [2.05, 4.69) is 17.4 Å². The van der Waals surface area contributed by atoms with E-state index in [0.717, 1.165) is 0 Å². The van der Waals surface area contributed by atoms with Crippen molar-refractivity contribution in [2.75, 3.05) is 13.2 Å². The van der Waals surface area contributed by atoms with Crippen molar-refractivity contribution in [3.05, 3.63) is 0 Å². The van der Waals surface area contributed by atoms with Gasteiger partial charge in [0.15, 0.2) is 0 Å². The van der Waals surface area contributed by atoms with Gasteiger partial charge in [0.05, 0.1) is 5.60 Å². The third-order valence-corrected chi connectivity index (χ3v) is 1.25. The molecule has 76 valence electrons. The third kappa shape index (κ3) is 7.73. The lowest BCUT2D eigenvalue weighted by atomic mass is 10.1. The molecule has 6 heteroatoms. The Balaban J connectivity index is 3.79. The number of carbonyl (C=O) groups is 2. The third-order valence-electron chi connectivity index (χ3n) is 1.12. The molecule has 0 amide bonds. The normalized spacial score (nSPS) is 11.1. The number of hydrogen-bond acceptors (Lipinski definition) is 4. The van der Waals surface area contributed by atoms with Gasteiger partial charge >= 0.3 is 11.3 Å². The van der Waals surface area contributed by atoms with E-state index in [-0.39, 0.29) is 6.61 Å². The van der Waals surface area contributed by atoms with E-state index in [9.17, 15) is 14.0 Å². The van der Waals surface area contributed by atoms with Crippen LogP contribution in [0.2, 0.25) is 0 Å². The monoisotopic (exact) mass is 210 g/mol. The minimum atomic E-state index is -1.56. The molecule has 0 spiro atoms. The maximum Gasteiger partial charge on any atom is 0.364 e. The summed E-state index contributed by atoms with van der Waals surface area (Å²) in [7, 11) is 0. The Kier molecular flexibility index (Phi) is 4.94. The molecule has 0 saturated heterocycles. The zero-order chi connectivity index (χ0) is 10.5. The van der Waals surface area contributed by atoms with Crippen LogP contribution in [-0.4, -0.2) is 30.2 Å². The van der Waals surface area contributed by atoms with Gasteiger partial charge in [-0.15, -0.1) is 0 Å². The van der Waals surface area contributed by atoms with Gasteiger partial charge in [0.25, 0.3) is 0 Å². The second-order valence-electron chi connectivity index (χ2n) is 2.96. The predicted molar refractivity (Wildman–Crippen MR) is 46.5 cm³/mol. The second-order valence-corrected chi connectivity index (χ2v) is 3.32. The molecule has 0 atom stereocenters. The van der Waals surface area contributed by atoms with Gasteiger partial charge in [-0.2, -0.15) is 4.39 Å². The highest BCUT2D eigenvalue weighted by Crippen LogP contribution is 2.10. The molecular weight excluding hydrogens is 199 g/mol. The van der Waals surface area contributed by atoms with Crippen LogP contribution in [0.25, 0.3) is 0 Å². The van der Waals surface area contributed by atoms with Crippen LogP contribution in [0.3, 0.4) is 0 Å². The summed E-state index contributed by atoms with van der Waals surface area (Å²) in [6.45, 7) is 2.40. The Bertz CT molecular complexity index is 185.